The van der Waals surface area contributed by atoms with Crippen molar-refractivity contribution in [3.63, 3.8) is 0 Å². The third-order valence-corrected chi connectivity index (χ3v) is 6.85. The van der Waals surface area contributed by atoms with Gasteiger partial charge in [-0.15, -0.1) is 11.3 Å². The Labute approximate surface area is 196 Å². The molecule has 1 aromatic carbocycles. The fourth-order valence-corrected chi connectivity index (χ4v) is 4.76. The second kappa shape index (κ2) is 10.2. The molecule has 0 radical (unpaired) electrons. The summed E-state index contributed by atoms with van der Waals surface area (Å²) < 4.78 is 4.67. The van der Waals surface area contributed by atoms with Crippen LogP contribution in [-0.4, -0.2) is 49.8 Å². The van der Waals surface area contributed by atoms with Crippen molar-refractivity contribution in [2.45, 2.75) is 33.4 Å². The number of likely N-dealkylation sites (N-methyl/N-ethyl adjacent to an activating group) is 1. The molecule has 4 rings (SSSR count). The van der Waals surface area contributed by atoms with Gasteiger partial charge >= 0.3 is 0 Å². The fraction of sp³-hybridized carbons (Fsp3) is 0.348. The van der Waals surface area contributed by atoms with Crippen LogP contribution < -0.4 is 5.32 Å². The molecule has 9 heteroatoms. The first-order valence-corrected chi connectivity index (χ1v) is 12.2. The van der Waals surface area contributed by atoms with Crippen LogP contribution >= 0.6 is 23.6 Å². The average molecular weight is 469 g/mol. The summed E-state index contributed by atoms with van der Waals surface area (Å²) in [5.74, 6) is 0.718. The van der Waals surface area contributed by atoms with Gasteiger partial charge in [0.1, 0.15) is 0 Å². The van der Waals surface area contributed by atoms with Gasteiger partial charge in [-0.05, 0) is 61.0 Å². The van der Waals surface area contributed by atoms with Crippen LogP contribution in [-0.2, 0) is 17.9 Å². The molecule has 3 aromatic heterocycles. The summed E-state index contributed by atoms with van der Waals surface area (Å²) in [6.07, 6.45) is 2.43. The van der Waals surface area contributed by atoms with Crippen LogP contribution in [0.5, 0.6) is 0 Å². The summed E-state index contributed by atoms with van der Waals surface area (Å²) in [4.78, 5) is 16.0. The van der Waals surface area contributed by atoms with E-state index in [1.165, 1.54) is 5.52 Å². The summed E-state index contributed by atoms with van der Waals surface area (Å²) in [6, 6.07) is 12.1. The van der Waals surface area contributed by atoms with Crippen LogP contribution in [0, 0.1) is 4.77 Å². The number of nitrogens with one attached hydrogen (secondary N) is 2. The second-order valence-corrected chi connectivity index (χ2v) is 8.92. The number of benzene rings is 1. The van der Waals surface area contributed by atoms with E-state index in [2.05, 4.69) is 57.2 Å². The normalized spacial score (nSPS) is 11.5. The van der Waals surface area contributed by atoms with Gasteiger partial charge in [-0.2, -0.15) is 5.10 Å². The summed E-state index contributed by atoms with van der Waals surface area (Å²) in [5, 5.41) is 13.3. The Balaban J connectivity index is 1.38. The van der Waals surface area contributed by atoms with E-state index in [0.29, 0.717) is 17.7 Å². The third kappa shape index (κ3) is 5.01. The Morgan fingerprint density at radius 2 is 2.06 bits per heavy atom. The van der Waals surface area contributed by atoms with Gasteiger partial charge in [0.2, 0.25) is 5.91 Å². The molecule has 168 valence electrons. The summed E-state index contributed by atoms with van der Waals surface area (Å²) in [7, 11) is 0. The zero-order valence-corrected chi connectivity index (χ0v) is 20.0. The van der Waals surface area contributed by atoms with Crippen molar-refractivity contribution in [2.24, 2.45) is 0 Å². The maximum Gasteiger partial charge on any atom is 0.226 e. The van der Waals surface area contributed by atoms with Gasteiger partial charge in [0.05, 0.1) is 4.88 Å². The first-order chi connectivity index (χ1) is 15.6. The maximum absolute atomic E-state index is 12.6. The lowest BCUT2D eigenvalue weighted by atomic mass is 10.2. The number of carbonyl (C=O) groups excluding carboxylic acids is 1. The molecule has 4 aromatic rings. The summed E-state index contributed by atoms with van der Waals surface area (Å²) in [6.45, 7) is 8.95. The smallest absolute Gasteiger partial charge is 0.226 e. The first kappa shape index (κ1) is 22.4. The summed E-state index contributed by atoms with van der Waals surface area (Å²) in [5.41, 5.74) is 1.98. The van der Waals surface area contributed by atoms with Gasteiger partial charge in [0, 0.05) is 48.8 Å². The number of H-pyrrole nitrogens is 1. The molecule has 0 aliphatic carbocycles. The van der Waals surface area contributed by atoms with Crippen LogP contribution in [0.25, 0.3) is 21.6 Å². The largest absolute Gasteiger partial charge is 0.346 e. The SMILES string of the molecule is CCN(CC)CCn1ccc2cc(NC(=O)CCn3c(-c4cccs4)n[nH]c3=S)ccc21. The molecule has 0 saturated heterocycles. The van der Waals surface area contributed by atoms with Gasteiger partial charge in [0.15, 0.2) is 10.6 Å². The lowest BCUT2D eigenvalue weighted by molar-refractivity contribution is -0.116. The van der Waals surface area contributed by atoms with E-state index in [4.69, 9.17) is 12.2 Å². The molecular weight excluding hydrogens is 440 g/mol. The van der Waals surface area contributed by atoms with Gasteiger partial charge < -0.3 is 14.8 Å². The monoisotopic (exact) mass is 468 g/mol. The minimum absolute atomic E-state index is 0.0504. The number of anilines is 1. The van der Waals surface area contributed by atoms with E-state index in [1.54, 1.807) is 11.3 Å². The summed E-state index contributed by atoms with van der Waals surface area (Å²) >= 11 is 6.95. The molecule has 32 heavy (non-hydrogen) atoms. The van der Waals surface area contributed by atoms with Crippen molar-refractivity contribution >= 4 is 46.1 Å². The van der Waals surface area contributed by atoms with Gasteiger partial charge in [-0.25, -0.2) is 0 Å². The van der Waals surface area contributed by atoms with Crippen LogP contribution in [0.4, 0.5) is 5.69 Å². The molecule has 1 amide bonds. The molecule has 3 heterocycles. The second-order valence-electron chi connectivity index (χ2n) is 7.59. The van der Waals surface area contributed by atoms with Crippen molar-refractivity contribution in [3.8, 4) is 10.7 Å². The van der Waals surface area contributed by atoms with E-state index in [-0.39, 0.29) is 5.91 Å². The van der Waals surface area contributed by atoms with Crippen molar-refractivity contribution < 1.29 is 4.79 Å². The number of aromatic nitrogens is 4. The zero-order valence-electron chi connectivity index (χ0n) is 18.4. The highest BCUT2D eigenvalue weighted by Crippen LogP contribution is 2.23. The lowest BCUT2D eigenvalue weighted by Gasteiger charge is -2.18. The molecular formula is C23H28N6OS2. The fourth-order valence-electron chi connectivity index (χ4n) is 3.82. The van der Waals surface area contributed by atoms with Gasteiger partial charge in [-0.3, -0.25) is 14.5 Å². The number of nitrogens with zero attached hydrogens (tertiary/aromatic N) is 4. The molecule has 0 spiro atoms. The molecule has 0 atom stereocenters. The zero-order chi connectivity index (χ0) is 22.5. The molecule has 0 unspecified atom stereocenters. The molecule has 0 aliphatic rings. The molecule has 2 N–H and O–H groups in total. The number of fused-ring (bicyclic) bond motifs is 1. The van der Waals surface area contributed by atoms with E-state index in [9.17, 15) is 4.79 Å². The predicted octanol–water partition coefficient (Wildman–Crippen LogP) is 4.99. The Morgan fingerprint density at radius 1 is 1.22 bits per heavy atom. The minimum Gasteiger partial charge on any atom is -0.346 e. The van der Waals surface area contributed by atoms with Crippen LogP contribution in [0.3, 0.4) is 0 Å². The molecule has 0 saturated carbocycles. The Kier molecular flexibility index (Phi) is 7.19. The average Bonchev–Trinajstić information content (AvgIpc) is 3.53. The topological polar surface area (TPSA) is 70.9 Å². The van der Waals surface area contributed by atoms with Crippen LogP contribution in [0.15, 0.2) is 48.0 Å². The van der Waals surface area contributed by atoms with Gasteiger partial charge in [0.25, 0.3) is 0 Å². The Hall–Kier alpha value is -2.75. The number of aromatic amines is 1. The van der Waals surface area contributed by atoms with Crippen molar-refractivity contribution in [3.05, 3.63) is 52.7 Å². The Bertz CT molecular complexity index is 1230. The van der Waals surface area contributed by atoms with Crippen LogP contribution in [0.2, 0.25) is 0 Å². The lowest BCUT2D eigenvalue weighted by Crippen LogP contribution is -2.26. The van der Waals surface area contributed by atoms with E-state index < -0.39 is 0 Å². The number of hydrogen-bond donors (Lipinski definition) is 2. The highest BCUT2D eigenvalue weighted by molar-refractivity contribution is 7.71. The predicted molar refractivity (Wildman–Crippen MR) is 134 cm³/mol. The maximum atomic E-state index is 12.6. The van der Waals surface area contributed by atoms with Crippen molar-refractivity contribution in [1.29, 1.82) is 0 Å². The first-order valence-electron chi connectivity index (χ1n) is 10.9. The van der Waals surface area contributed by atoms with E-state index in [1.807, 2.05) is 34.2 Å². The standard InChI is InChI=1S/C23H28N6OS2/c1-3-27(4-2)13-14-28-11-9-17-16-18(7-8-19(17)28)24-21(30)10-12-29-22(25-26-23(29)31)20-6-5-15-32-20/h5-9,11,15-16H,3-4,10,12-14H2,1-2H3,(H,24,30)(H,26,31). The Morgan fingerprint density at radius 3 is 2.81 bits per heavy atom. The van der Waals surface area contributed by atoms with E-state index >= 15 is 0 Å². The van der Waals surface area contributed by atoms with Crippen molar-refractivity contribution in [2.75, 3.05) is 25.0 Å². The third-order valence-electron chi connectivity index (χ3n) is 5.67. The highest BCUT2D eigenvalue weighted by Gasteiger charge is 2.12. The number of carbonyl (C=O) groups is 1. The quantitative estimate of drug-likeness (QED) is 0.322. The molecule has 0 fully saturated rings. The highest BCUT2D eigenvalue weighted by atomic mass is 32.1. The molecule has 7 nitrogen and oxygen atoms in total. The van der Waals surface area contributed by atoms with Crippen LogP contribution in [0.1, 0.15) is 20.3 Å². The number of hydrogen-bond acceptors (Lipinski definition) is 5. The molecule has 0 bridgehead atoms. The van der Waals surface area contributed by atoms with Crippen molar-refractivity contribution in [1.82, 2.24) is 24.2 Å². The number of thiophene rings is 1. The van der Waals surface area contributed by atoms with E-state index in [0.717, 1.165) is 48.0 Å². The molecule has 0 aliphatic heterocycles. The number of amides is 1. The van der Waals surface area contributed by atoms with Gasteiger partial charge in [-0.1, -0.05) is 19.9 Å². The minimum atomic E-state index is -0.0504. The number of rotatable bonds is 10.